The predicted molar refractivity (Wildman–Crippen MR) is 100 cm³/mol. The Bertz CT molecular complexity index is 647. The molecule has 2 amide bonds. The van der Waals surface area contributed by atoms with Crippen LogP contribution in [-0.4, -0.2) is 25.0 Å². The van der Waals surface area contributed by atoms with Gasteiger partial charge in [0.1, 0.15) is 5.00 Å². The number of rotatable bonds is 5. The summed E-state index contributed by atoms with van der Waals surface area (Å²) in [6.07, 6.45) is 6.87. The zero-order valence-corrected chi connectivity index (χ0v) is 16.0. The molecule has 138 valence electrons. The third-order valence-corrected chi connectivity index (χ3v) is 6.44. The summed E-state index contributed by atoms with van der Waals surface area (Å²) in [6.45, 7) is 5.88. The molecule has 6 heteroatoms. The highest BCUT2D eigenvalue weighted by Crippen LogP contribution is 2.40. The van der Waals surface area contributed by atoms with Crippen molar-refractivity contribution in [3.05, 3.63) is 16.0 Å². The zero-order valence-electron chi connectivity index (χ0n) is 15.2. The lowest BCUT2D eigenvalue weighted by Crippen LogP contribution is -2.36. The average molecular weight is 365 g/mol. The number of hydrogen-bond acceptors (Lipinski definition) is 4. The standard InChI is InChI=1S/C19H28N2O3S/c1-3-10-20-16(22)15-13-7-11-24-12-14(13)25-17(15)21-18(23)19(2)8-5-4-6-9-19/h3-12H2,1-2H3,(H,20,22)(H,21,23). The van der Waals surface area contributed by atoms with Gasteiger partial charge >= 0.3 is 0 Å². The van der Waals surface area contributed by atoms with Crippen LogP contribution in [0.2, 0.25) is 0 Å². The SMILES string of the molecule is CCCNC(=O)c1c(NC(=O)C2(C)CCCCC2)sc2c1CCOC2. The fraction of sp³-hybridized carbons (Fsp3) is 0.684. The second-order valence-electron chi connectivity index (χ2n) is 7.34. The van der Waals surface area contributed by atoms with Crippen LogP contribution in [0.5, 0.6) is 0 Å². The van der Waals surface area contributed by atoms with Gasteiger partial charge < -0.3 is 15.4 Å². The van der Waals surface area contributed by atoms with Gasteiger partial charge in [-0.3, -0.25) is 9.59 Å². The molecule has 1 aromatic rings. The van der Waals surface area contributed by atoms with Crippen molar-refractivity contribution in [2.75, 3.05) is 18.5 Å². The number of amides is 2. The van der Waals surface area contributed by atoms with Crippen LogP contribution in [-0.2, 0) is 22.6 Å². The van der Waals surface area contributed by atoms with Crippen molar-refractivity contribution >= 4 is 28.2 Å². The van der Waals surface area contributed by atoms with Crippen LogP contribution >= 0.6 is 11.3 Å². The smallest absolute Gasteiger partial charge is 0.254 e. The van der Waals surface area contributed by atoms with Crippen LogP contribution in [0.4, 0.5) is 5.00 Å². The van der Waals surface area contributed by atoms with E-state index in [0.29, 0.717) is 30.3 Å². The van der Waals surface area contributed by atoms with Crippen molar-refractivity contribution in [1.82, 2.24) is 5.32 Å². The summed E-state index contributed by atoms with van der Waals surface area (Å²) in [5.41, 5.74) is 1.38. The maximum absolute atomic E-state index is 12.9. The number of anilines is 1. The van der Waals surface area contributed by atoms with Crippen molar-refractivity contribution in [2.45, 2.75) is 65.4 Å². The molecule has 2 heterocycles. The topological polar surface area (TPSA) is 67.4 Å². The number of carbonyl (C=O) groups excluding carboxylic acids is 2. The fourth-order valence-corrected chi connectivity index (χ4v) is 4.88. The lowest BCUT2D eigenvalue weighted by atomic mass is 9.75. The number of ether oxygens (including phenoxy) is 1. The van der Waals surface area contributed by atoms with E-state index in [9.17, 15) is 9.59 Å². The highest BCUT2D eigenvalue weighted by atomic mass is 32.1. The second kappa shape index (κ2) is 7.87. The van der Waals surface area contributed by atoms with E-state index in [0.717, 1.165) is 49.0 Å². The lowest BCUT2D eigenvalue weighted by Gasteiger charge is -2.31. The Hall–Kier alpha value is -1.40. The maximum atomic E-state index is 12.9. The third-order valence-electron chi connectivity index (χ3n) is 5.32. The van der Waals surface area contributed by atoms with Gasteiger partial charge in [0, 0.05) is 16.8 Å². The van der Waals surface area contributed by atoms with E-state index in [4.69, 9.17) is 4.74 Å². The highest BCUT2D eigenvalue weighted by molar-refractivity contribution is 7.17. The Labute approximate surface area is 153 Å². The van der Waals surface area contributed by atoms with Crippen molar-refractivity contribution < 1.29 is 14.3 Å². The van der Waals surface area contributed by atoms with Gasteiger partial charge in [-0.1, -0.05) is 33.1 Å². The highest BCUT2D eigenvalue weighted by Gasteiger charge is 2.36. The number of fused-ring (bicyclic) bond motifs is 1. The molecule has 1 aromatic heterocycles. The van der Waals surface area contributed by atoms with Crippen LogP contribution in [0.25, 0.3) is 0 Å². The fourth-order valence-electron chi connectivity index (χ4n) is 3.70. The average Bonchev–Trinajstić information content (AvgIpc) is 2.98. The molecule has 1 saturated carbocycles. The summed E-state index contributed by atoms with van der Waals surface area (Å²) in [7, 11) is 0. The molecule has 0 spiro atoms. The largest absolute Gasteiger partial charge is 0.376 e. The molecule has 1 aliphatic carbocycles. The number of thiophene rings is 1. The van der Waals surface area contributed by atoms with Gasteiger partial charge in [0.2, 0.25) is 5.91 Å². The summed E-state index contributed by atoms with van der Waals surface area (Å²) in [6, 6.07) is 0. The van der Waals surface area contributed by atoms with Crippen LogP contribution in [0.15, 0.2) is 0 Å². The lowest BCUT2D eigenvalue weighted by molar-refractivity contribution is -0.126. The summed E-state index contributed by atoms with van der Waals surface area (Å²) < 4.78 is 5.53. The summed E-state index contributed by atoms with van der Waals surface area (Å²) in [5, 5.41) is 6.76. The first kappa shape index (κ1) is 18.4. The molecule has 1 fully saturated rings. The van der Waals surface area contributed by atoms with E-state index in [2.05, 4.69) is 17.6 Å². The first-order valence-corrected chi connectivity index (χ1v) is 10.2. The van der Waals surface area contributed by atoms with Crippen LogP contribution in [0.1, 0.15) is 73.2 Å². The molecule has 25 heavy (non-hydrogen) atoms. The molecule has 2 N–H and O–H groups in total. The molecular formula is C19H28N2O3S. The van der Waals surface area contributed by atoms with Crippen molar-refractivity contribution in [1.29, 1.82) is 0 Å². The van der Waals surface area contributed by atoms with E-state index in [1.807, 2.05) is 6.92 Å². The Morgan fingerprint density at radius 2 is 2.00 bits per heavy atom. The van der Waals surface area contributed by atoms with Crippen LogP contribution in [0.3, 0.4) is 0 Å². The molecular weight excluding hydrogens is 336 g/mol. The minimum absolute atomic E-state index is 0.0521. The van der Waals surface area contributed by atoms with E-state index in [1.165, 1.54) is 17.8 Å². The minimum Gasteiger partial charge on any atom is -0.376 e. The second-order valence-corrected chi connectivity index (χ2v) is 8.45. The molecule has 0 bridgehead atoms. The van der Waals surface area contributed by atoms with Gasteiger partial charge in [-0.05, 0) is 31.2 Å². The normalized spacial score (nSPS) is 19.1. The minimum atomic E-state index is -0.323. The number of carbonyl (C=O) groups is 2. The Morgan fingerprint density at radius 3 is 2.72 bits per heavy atom. The van der Waals surface area contributed by atoms with Crippen molar-refractivity contribution in [2.24, 2.45) is 5.41 Å². The van der Waals surface area contributed by atoms with Crippen LogP contribution < -0.4 is 10.6 Å². The maximum Gasteiger partial charge on any atom is 0.254 e. The molecule has 1 aliphatic heterocycles. The quantitative estimate of drug-likeness (QED) is 0.833. The number of nitrogens with one attached hydrogen (secondary N) is 2. The van der Waals surface area contributed by atoms with Gasteiger partial charge in [0.15, 0.2) is 0 Å². The third kappa shape index (κ3) is 3.90. The predicted octanol–water partition coefficient (Wildman–Crippen LogP) is 3.87. The Morgan fingerprint density at radius 1 is 1.24 bits per heavy atom. The van der Waals surface area contributed by atoms with Gasteiger partial charge in [-0.25, -0.2) is 0 Å². The van der Waals surface area contributed by atoms with E-state index >= 15 is 0 Å². The van der Waals surface area contributed by atoms with Crippen LogP contribution in [0, 0.1) is 5.41 Å². The molecule has 5 nitrogen and oxygen atoms in total. The molecule has 0 unspecified atom stereocenters. The Kier molecular flexibility index (Phi) is 5.79. The molecule has 0 aromatic carbocycles. The van der Waals surface area contributed by atoms with Gasteiger partial charge in [-0.15, -0.1) is 11.3 Å². The van der Waals surface area contributed by atoms with E-state index in [1.54, 1.807) is 0 Å². The monoisotopic (exact) mass is 364 g/mol. The summed E-state index contributed by atoms with van der Waals surface area (Å²) in [4.78, 5) is 26.7. The van der Waals surface area contributed by atoms with Crippen molar-refractivity contribution in [3.63, 3.8) is 0 Å². The Balaban J connectivity index is 1.85. The first-order chi connectivity index (χ1) is 12.0. The summed E-state index contributed by atoms with van der Waals surface area (Å²) >= 11 is 1.50. The molecule has 2 aliphatic rings. The molecule has 3 rings (SSSR count). The van der Waals surface area contributed by atoms with Gasteiger partial charge in [0.05, 0.1) is 18.8 Å². The number of hydrogen-bond donors (Lipinski definition) is 2. The molecule has 0 atom stereocenters. The first-order valence-electron chi connectivity index (χ1n) is 9.37. The molecule has 0 radical (unpaired) electrons. The summed E-state index contributed by atoms with van der Waals surface area (Å²) in [5.74, 6) is -0.0263. The van der Waals surface area contributed by atoms with E-state index < -0.39 is 0 Å². The van der Waals surface area contributed by atoms with E-state index in [-0.39, 0.29) is 17.2 Å². The zero-order chi connectivity index (χ0) is 17.9. The van der Waals surface area contributed by atoms with Crippen molar-refractivity contribution in [3.8, 4) is 0 Å². The van der Waals surface area contributed by atoms with Gasteiger partial charge in [0.25, 0.3) is 5.91 Å². The van der Waals surface area contributed by atoms with Gasteiger partial charge in [-0.2, -0.15) is 0 Å². The molecule has 0 saturated heterocycles.